The maximum absolute atomic E-state index is 12.7. The van der Waals surface area contributed by atoms with E-state index in [0.29, 0.717) is 6.54 Å². The molecule has 0 bridgehead atoms. The summed E-state index contributed by atoms with van der Waals surface area (Å²) in [5.74, 6) is 0.850. The first-order valence-corrected chi connectivity index (χ1v) is 8.40. The molecule has 0 saturated carbocycles. The number of aryl methyl sites for hydroxylation is 2. The van der Waals surface area contributed by atoms with Crippen LogP contribution in [0.15, 0.2) is 42.5 Å². The van der Waals surface area contributed by atoms with Crippen LogP contribution in [0.4, 0.5) is 5.69 Å². The smallest absolute Gasteiger partial charge is 0.244 e. The number of para-hydroxylation sites is 3. The number of rotatable bonds is 5. The van der Waals surface area contributed by atoms with E-state index in [1.165, 1.54) is 0 Å². The van der Waals surface area contributed by atoms with Crippen LogP contribution in [0.3, 0.4) is 0 Å². The van der Waals surface area contributed by atoms with Gasteiger partial charge in [0.2, 0.25) is 5.91 Å². The number of carbonyl (C=O) groups excluding carboxylic acids is 1. The summed E-state index contributed by atoms with van der Waals surface area (Å²) in [5, 5.41) is 3.06. The van der Waals surface area contributed by atoms with Gasteiger partial charge in [-0.1, -0.05) is 30.3 Å². The van der Waals surface area contributed by atoms with Crippen LogP contribution < -0.4 is 5.32 Å². The molecule has 25 heavy (non-hydrogen) atoms. The van der Waals surface area contributed by atoms with E-state index in [9.17, 15) is 4.79 Å². The fraction of sp³-hybridized carbons (Fsp3) is 0.300. The van der Waals surface area contributed by atoms with Crippen LogP contribution in [0, 0.1) is 13.8 Å². The highest BCUT2D eigenvalue weighted by molar-refractivity contribution is 5.93. The van der Waals surface area contributed by atoms with Crippen LogP contribution >= 0.6 is 0 Å². The van der Waals surface area contributed by atoms with Crippen molar-refractivity contribution < 1.29 is 4.79 Å². The van der Waals surface area contributed by atoms with Gasteiger partial charge in [-0.25, -0.2) is 4.98 Å². The van der Waals surface area contributed by atoms with E-state index < -0.39 is 0 Å². The molecule has 1 heterocycles. The Bertz CT molecular complexity index is 891. The van der Waals surface area contributed by atoms with Gasteiger partial charge in [-0.2, -0.15) is 0 Å². The van der Waals surface area contributed by atoms with Crippen molar-refractivity contribution in [2.75, 3.05) is 19.4 Å². The SMILES string of the molecule is Cc1cccc(C)c1NC(=O)Cn1c(CN(C)C)nc2ccccc21. The minimum Gasteiger partial charge on any atom is -0.324 e. The molecule has 3 aromatic rings. The Balaban J connectivity index is 1.90. The van der Waals surface area contributed by atoms with Gasteiger partial charge in [-0.3, -0.25) is 4.79 Å². The summed E-state index contributed by atoms with van der Waals surface area (Å²) in [5.41, 5.74) is 4.93. The largest absolute Gasteiger partial charge is 0.324 e. The van der Waals surface area contributed by atoms with Crippen molar-refractivity contribution in [2.45, 2.75) is 26.9 Å². The van der Waals surface area contributed by atoms with Gasteiger partial charge in [0, 0.05) is 5.69 Å². The number of aromatic nitrogens is 2. The van der Waals surface area contributed by atoms with Crippen molar-refractivity contribution in [3.63, 3.8) is 0 Å². The zero-order chi connectivity index (χ0) is 18.0. The molecule has 0 aliphatic rings. The molecule has 0 unspecified atom stereocenters. The Hall–Kier alpha value is -2.66. The number of benzene rings is 2. The molecule has 0 spiro atoms. The van der Waals surface area contributed by atoms with Gasteiger partial charge >= 0.3 is 0 Å². The summed E-state index contributed by atoms with van der Waals surface area (Å²) in [7, 11) is 4.00. The highest BCUT2D eigenvalue weighted by Gasteiger charge is 2.15. The van der Waals surface area contributed by atoms with Gasteiger partial charge in [0.1, 0.15) is 12.4 Å². The number of nitrogens with one attached hydrogen (secondary N) is 1. The topological polar surface area (TPSA) is 50.2 Å². The summed E-state index contributed by atoms with van der Waals surface area (Å²) in [6.45, 7) is 4.95. The van der Waals surface area contributed by atoms with Crippen molar-refractivity contribution in [1.29, 1.82) is 0 Å². The van der Waals surface area contributed by atoms with Crippen LogP contribution in [0.5, 0.6) is 0 Å². The first kappa shape index (κ1) is 17.2. The molecule has 1 N–H and O–H groups in total. The Morgan fingerprint density at radius 2 is 1.76 bits per heavy atom. The van der Waals surface area contributed by atoms with Gasteiger partial charge in [0.05, 0.1) is 17.6 Å². The molecule has 3 rings (SSSR count). The minimum absolute atomic E-state index is 0.0411. The molecule has 1 amide bonds. The highest BCUT2D eigenvalue weighted by atomic mass is 16.1. The van der Waals surface area contributed by atoms with E-state index in [4.69, 9.17) is 0 Å². The number of hydrogen-bond acceptors (Lipinski definition) is 3. The number of imidazole rings is 1. The molecule has 2 aromatic carbocycles. The molecule has 1 aromatic heterocycles. The maximum Gasteiger partial charge on any atom is 0.244 e. The second kappa shape index (κ2) is 7.07. The molecule has 0 saturated heterocycles. The zero-order valence-corrected chi connectivity index (χ0v) is 15.2. The third kappa shape index (κ3) is 3.72. The van der Waals surface area contributed by atoms with E-state index in [1.54, 1.807) is 0 Å². The van der Waals surface area contributed by atoms with E-state index in [-0.39, 0.29) is 12.5 Å². The number of nitrogens with zero attached hydrogens (tertiary/aromatic N) is 3. The average molecular weight is 336 g/mol. The van der Waals surface area contributed by atoms with Gasteiger partial charge in [0.25, 0.3) is 0 Å². The first-order chi connectivity index (χ1) is 12.0. The van der Waals surface area contributed by atoms with Crippen molar-refractivity contribution in [3.05, 3.63) is 59.4 Å². The number of amides is 1. The molecule has 5 nitrogen and oxygen atoms in total. The predicted molar refractivity (Wildman–Crippen MR) is 102 cm³/mol. The molecule has 0 fully saturated rings. The summed E-state index contributed by atoms with van der Waals surface area (Å²) in [6, 6.07) is 13.9. The summed E-state index contributed by atoms with van der Waals surface area (Å²) < 4.78 is 2.00. The van der Waals surface area contributed by atoms with Gasteiger partial charge in [-0.15, -0.1) is 0 Å². The van der Waals surface area contributed by atoms with Crippen molar-refractivity contribution >= 4 is 22.6 Å². The third-order valence-electron chi connectivity index (χ3n) is 4.24. The standard InChI is InChI=1S/C20H24N4O/c1-14-8-7-9-15(2)20(14)22-19(25)13-24-17-11-6-5-10-16(17)21-18(24)12-23(3)4/h5-11H,12-13H2,1-4H3,(H,22,25). The lowest BCUT2D eigenvalue weighted by Gasteiger charge is -2.15. The van der Waals surface area contributed by atoms with Crippen molar-refractivity contribution in [3.8, 4) is 0 Å². The van der Waals surface area contributed by atoms with Crippen molar-refractivity contribution in [1.82, 2.24) is 14.5 Å². The third-order valence-corrected chi connectivity index (χ3v) is 4.24. The van der Waals surface area contributed by atoms with Crippen LogP contribution in [0.25, 0.3) is 11.0 Å². The monoisotopic (exact) mass is 336 g/mol. The normalized spacial score (nSPS) is 11.2. The number of hydrogen-bond donors (Lipinski definition) is 1. The van der Waals surface area contributed by atoms with Gasteiger partial charge in [0.15, 0.2) is 0 Å². The van der Waals surface area contributed by atoms with E-state index in [1.807, 2.05) is 75.0 Å². The molecule has 130 valence electrons. The van der Waals surface area contributed by atoms with Crippen LogP contribution in [-0.2, 0) is 17.9 Å². The maximum atomic E-state index is 12.7. The summed E-state index contributed by atoms with van der Waals surface area (Å²) in [6.07, 6.45) is 0. The lowest BCUT2D eigenvalue weighted by Crippen LogP contribution is -2.23. The molecule has 0 atom stereocenters. The zero-order valence-electron chi connectivity index (χ0n) is 15.2. The molecular weight excluding hydrogens is 312 g/mol. The quantitative estimate of drug-likeness (QED) is 0.777. The fourth-order valence-electron chi connectivity index (χ4n) is 3.04. The molecule has 0 aliphatic heterocycles. The Morgan fingerprint density at radius 3 is 2.44 bits per heavy atom. The van der Waals surface area contributed by atoms with E-state index >= 15 is 0 Å². The second-order valence-electron chi connectivity index (χ2n) is 6.66. The summed E-state index contributed by atoms with van der Waals surface area (Å²) in [4.78, 5) is 19.4. The first-order valence-electron chi connectivity index (χ1n) is 8.40. The van der Waals surface area contributed by atoms with Gasteiger partial charge in [-0.05, 0) is 51.2 Å². The Morgan fingerprint density at radius 1 is 1.08 bits per heavy atom. The molecule has 5 heteroatoms. The molecular formula is C20H24N4O. The molecule has 0 aliphatic carbocycles. The number of carbonyl (C=O) groups is 1. The van der Waals surface area contributed by atoms with E-state index in [0.717, 1.165) is 33.7 Å². The number of fused-ring (bicyclic) bond motifs is 1. The Labute approximate surface area is 148 Å². The van der Waals surface area contributed by atoms with Crippen LogP contribution in [0.2, 0.25) is 0 Å². The lowest BCUT2D eigenvalue weighted by atomic mass is 10.1. The predicted octanol–water partition coefficient (Wildman–Crippen LogP) is 3.35. The average Bonchev–Trinajstić information content (AvgIpc) is 2.88. The van der Waals surface area contributed by atoms with Gasteiger partial charge < -0.3 is 14.8 Å². The fourth-order valence-corrected chi connectivity index (χ4v) is 3.04. The Kier molecular flexibility index (Phi) is 4.86. The van der Waals surface area contributed by atoms with Crippen LogP contribution in [0.1, 0.15) is 17.0 Å². The van der Waals surface area contributed by atoms with E-state index in [2.05, 4.69) is 15.2 Å². The lowest BCUT2D eigenvalue weighted by molar-refractivity contribution is -0.116. The molecule has 0 radical (unpaired) electrons. The summed E-state index contributed by atoms with van der Waals surface area (Å²) >= 11 is 0. The van der Waals surface area contributed by atoms with Crippen molar-refractivity contribution in [2.24, 2.45) is 0 Å². The van der Waals surface area contributed by atoms with Crippen LogP contribution in [-0.4, -0.2) is 34.5 Å². The highest BCUT2D eigenvalue weighted by Crippen LogP contribution is 2.21. The second-order valence-corrected chi connectivity index (χ2v) is 6.66. The number of anilines is 1. The minimum atomic E-state index is -0.0411.